The fourth-order valence-electron chi connectivity index (χ4n) is 2.54. The molecule has 0 spiro atoms. The molecule has 1 atom stereocenters. The van der Waals surface area contributed by atoms with E-state index < -0.39 is 5.82 Å². The third kappa shape index (κ3) is 4.01. The summed E-state index contributed by atoms with van der Waals surface area (Å²) < 4.78 is 24.5. The number of rotatable bonds is 5. The van der Waals surface area contributed by atoms with Crippen molar-refractivity contribution in [2.75, 3.05) is 19.7 Å². The Morgan fingerprint density at radius 3 is 2.92 bits per heavy atom. The zero-order valence-electron chi connectivity index (χ0n) is 13.4. The van der Waals surface area contributed by atoms with Gasteiger partial charge in [0.15, 0.2) is 18.2 Å². The topological polar surface area (TPSA) is 51.7 Å². The van der Waals surface area contributed by atoms with Gasteiger partial charge in [-0.05, 0) is 24.6 Å². The number of benzene rings is 1. The number of pyridine rings is 1. The lowest BCUT2D eigenvalue weighted by Gasteiger charge is -2.17. The van der Waals surface area contributed by atoms with Crippen molar-refractivity contribution in [1.29, 1.82) is 0 Å². The van der Waals surface area contributed by atoms with E-state index in [0.29, 0.717) is 19.0 Å². The van der Waals surface area contributed by atoms with Crippen LogP contribution in [0.3, 0.4) is 0 Å². The van der Waals surface area contributed by atoms with Gasteiger partial charge in [-0.25, -0.2) is 9.37 Å². The SMILES string of the molecule is Cc1ccc(OC2CCN(C(=O)COc3ccccc3F)C2)nc1. The standard InChI is InChI=1S/C18H19FN2O3/c1-13-6-7-17(20-10-13)24-14-8-9-21(11-14)18(22)12-23-16-5-3-2-4-15(16)19/h2-7,10,14H,8-9,11-12H2,1H3. The average Bonchev–Trinajstić information content (AvgIpc) is 3.05. The summed E-state index contributed by atoms with van der Waals surface area (Å²) in [6.07, 6.45) is 2.40. The first-order chi connectivity index (χ1) is 11.6. The second kappa shape index (κ2) is 7.29. The minimum Gasteiger partial charge on any atom is -0.481 e. The van der Waals surface area contributed by atoms with Crippen molar-refractivity contribution < 1.29 is 18.7 Å². The van der Waals surface area contributed by atoms with Crippen molar-refractivity contribution in [3.8, 4) is 11.6 Å². The molecule has 1 aliphatic heterocycles. The van der Waals surface area contributed by atoms with Crippen LogP contribution in [0.15, 0.2) is 42.6 Å². The van der Waals surface area contributed by atoms with E-state index in [0.717, 1.165) is 12.0 Å². The molecule has 126 valence electrons. The maximum absolute atomic E-state index is 13.5. The van der Waals surface area contributed by atoms with Crippen LogP contribution in [-0.4, -0.2) is 41.6 Å². The number of para-hydroxylation sites is 1. The van der Waals surface area contributed by atoms with Gasteiger partial charge < -0.3 is 14.4 Å². The van der Waals surface area contributed by atoms with Crippen LogP contribution in [0.5, 0.6) is 11.6 Å². The van der Waals surface area contributed by atoms with Gasteiger partial charge in [-0.1, -0.05) is 18.2 Å². The number of hydrogen-bond donors (Lipinski definition) is 0. The van der Waals surface area contributed by atoms with Crippen molar-refractivity contribution in [2.45, 2.75) is 19.4 Å². The zero-order valence-corrected chi connectivity index (χ0v) is 13.4. The number of likely N-dealkylation sites (tertiary alicyclic amines) is 1. The van der Waals surface area contributed by atoms with Gasteiger partial charge in [0, 0.05) is 25.2 Å². The molecule has 1 unspecified atom stereocenters. The van der Waals surface area contributed by atoms with Crippen LogP contribution in [-0.2, 0) is 4.79 Å². The second-order valence-electron chi connectivity index (χ2n) is 5.76. The first-order valence-electron chi connectivity index (χ1n) is 7.86. The Morgan fingerprint density at radius 1 is 1.33 bits per heavy atom. The summed E-state index contributed by atoms with van der Waals surface area (Å²) in [4.78, 5) is 18.1. The molecule has 0 radical (unpaired) electrons. The first kappa shape index (κ1) is 16.2. The molecular weight excluding hydrogens is 311 g/mol. The van der Waals surface area contributed by atoms with Crippen LogP contribution in [0.2, 0.25) is 0 Å². The molecule has 3 rings (SSSR count). The van der Waals surface area contributed by atoms with Crippen molar-refractivity contribution in [2.24, 2.45) is 0 Å². The highest BCUT2D eigenvalue weighted by atomic mass is 19.1. The maximum Gasteiger partial charge on any atom is 0.260 e. The van der Waals surface area contributed by atoms with Crippen LogP contribution in [0.1, 0.15) is 12.0 Å². The average molecular weight is 330 g/mol. The minimum atomic E-state index is -0.474. The Kier molecular flexibility index (Phi) is 4.93. The number of hydrogen-bond acceptors (Lipinski definition) is 4. The number of carbonyl (C=O) groups is 1. The number of amides is 1. The number of ether oxygens (including phenoxy) is 2. The summed E-state index contributed by atoms with van der Waals surface area (Å²) >= 11 is 0. The third-order valence-electron chi connectivity index (χ3n) is 3.86. The smallest absolute Gasteiger partial charge is 0.260 e. The van der Waals surface area contributed by atoms with Gasteiger partial charge in [-0.2, -0.15) is 0 Å². The number of aromatic nitrogens is 1. The van der Waals surface area contributed by atoms with Crippen LogP contribution in [0.4, 0.5) is 4.39 Å². The summed E-state index contributed by atoms with van der Waals surface area (Å²) in [5.74, 6) is -0.0104. The molecular formula is C18H19FN2O3. The lowest BCUT2D eigenvalue weighted by atomic mass is 10.3. The molecule has 1 aromatic carbocycles. The quantitative estimate of drug-likeness (QED) is 0.845. The van der Waals surface area contributed by atoms with Crippen molar-refractivity contribution in [3.63, 3.8) is 0 Å². The Hall–Kier alpha value is -2.63. The van der Waals surface area contributed by atoms with E-state index >= 15 is 0 Å². The van der Waals surface area contributed by atoms with Gasteiger partial charge in [-0.15, -0.1) is 0 Å². The summed E-state index contributed by atoms with van der Waals surface area (Å²) in [6.45, 7) is 2.85. The van der Waals surface area contributed by atoms with Gasteiger partial charge >= 0.3 is 0 Å². The number of halogens is 1. The number of aryl methyl sites for hydroxylation is 1. The molecule has 6 heteroatoms. The van der Waals surface area contributed by atoms with Gasteiger partial charge in [0.2, 0.25) is 5.88 Å². The van der Waals surface area contributed by atoms with Crippen LogP contribution in [0.25, 0.3) is 0 Å². The summed E-state index contributed by atoms with van der Waals surface area (Å²) in [5.41, 5.74) is 1.07. The normalized spacial score (nSPS) is 16.9. The third-order valence-corrected chi connectivity index (χ3v) is 3.86. The van der Waals surface area contributed by atoms with E-state index in [-0.39, 0.29) is 24.4 Å². The molecule has 1 amide bonds. The van der Waals surface area contributed by atoms with Crippen LogP contribution >= 0.6 is 0 Å². The molecule has 5 nitrogen and oxygen atoms in total. The largest absolute Gasteiger partial charge is 0.481 e. The lowest BCUT2D eigenvalue weighted by Crippen LogP contribution is -2.34. The molecule has 1 fully saturated rings. The molecule has 0 aliphatic carbocycles. The maximum atomic E-state index is 13.5. The predicted molar refractivity (Wildman–Crippen MR) is 86.5 cm³/mol. The Labute approximate surface area is 140 Å². The zero-order chi connectivity index (χ0) is 16.9. The van der Waals surface area contributed by atoms with Crippen molar-refractivity contribution >= 4 is 5.91 Å². The first-order valence-corrected chi connectivity index (χ1v) is 7.86. The highest BCUT2D eigenvalue weighted by Gasteiger charge is 2.28. The van der Waals surface area contributed by atoms with Crippen LogP contribution in [0, 0.1) is 12.7 Å². The minimum absolute atomic E-state index is 0.0849. The van der Waals surface area contributed by atoms with E-state index in [9.17, 15) is 9.18 Å². The van der Waals surface area contributed by atoms with Gasteiger partial charge in [0.05, 0.1) is 6.54 Å². The molecule has 0 bridgehead atoms. The van der Waals surface area contributed by atoms with Gasteiger partial charge in [0.25, 0.3) is 5.91 Å². The monoisotopic (exact) mass is 330 g/mol. The fraction of sp³-hybridized carbons (Fsp3) is 0.333. The highest BCUT2D eigenvalue weighted by Crippen LogP contribution is 2.18. The van der Waals surface area contributed by atoms with Crippen molar-refractivity contribution in [1.82, 2.24) is 9.88 Å². The number of carbonyl (C=O) groups excluding carboxylic acids is 1. The predicted octanol–water partition coefficient (Wildman–Crippen LogP) is 2.59. The summed E-state index contributed by atoms with van der Waals surface area (Å²) in [7, 11) is 0. The van der Waals surface area contributed by atoms with E-state index in [1.807, 2.05) is 19.1 Å². The highest BCUT2D eigenvalue weighted by molar-refractivity contribution is 5.78. The molecule has 24 heavy (non-hydrogen) atoms. The molecule has 1 aromatic heterocycles. The summed E-state index contributed by atoms with van der Waals surface area (Å²) in [6, 6.07) is 9.79. The molecule has 2 heterocycles. The molecule has 1 aliphatic rings. The van der Waals surface area contributed by atoms with Gasteiger partial charge in [-0.3, -0.25) is 4.79 Å². The van der Waals surface area contributed by atoms with E-state index in [1.165, 1.54) is 12.1 Å². The lowest BCUT2D eigenvalue weighted by molar-refractivity contribution is -0.132. The molecule has 0 saturated carbocycles. The molecule has 1 saturated heterocycles. The Morgan fingerprint density at radius 2 is 2.17 bits per heavy atom. The fourth-order valence-corrected chi connectivity index (χ4v) is 2.54. The Bertz CT molecular complexity index is 706. The van der Waals surface area contributed by atoms with E-state index in [2.05, 4.69) is 4.98 Å². The van der Waals surface area contributed by atoms with Gasteiger partial charge in [0.1, 0.15) is 6.10 Å². The Balaban J connectivity index is 1.49. The van der Waals surface area contributed by atoms with Crippen LogP contribution < -0.4 is 9.47 Å². The second-order valence-corrected chi connectivity index (χ2v) is 5.76. The van der Waals surface area contributed by atoms with E-state index in [4.69, 9.17) is 9.47 Å². The number of nitrogens with zero attached hydrogens (tertiary/aromatic N) is 2. The van der Waals surface area contributed by atoms with Crippen molar-refractivity contribution in [3.05, 3.63) is 54.0 Å². The van der Waals surface area contributed by atoms with E-state index in [1.54, 1.807) is 23.2 Å². The summed E-state index contributed by atoms with van der Waals surface area (Å²) in [5, 5.41) is 0. The molecule has 2 aromatic rings. The molecule has 0 N–H and O–H groups in total.